The van der Waals surface area contributed by atoms with Crippen molar-refractivity contribution in [3.8, 4) is 0 Å². The summed E-state index contributed by atoms with van der Waals surface area (Å²) in [5.41, 5.74) is 0. The lowest BCUT2D eigenvalue weighted by atomic mass is 10.2. The molecule has 2 rings (SSSR count). The first kappa shape index (κ1) is 12.4. The Morgan fingerprint density at radius 1 is 1.38 bits per heavy atom. The maximum Gasteiger partial charge on any atom is 0.143 e. The Bertz CT molecular complexity index is 362. The average Bonchev–Trinajstić information content (AvgIpc) is 2.75. The van der Waals surface area contributed by atoms with Gasteiger partial charge in [-0.25, -0.2) is 4.98 Å². The van der Waals surface area contributed by atoms with Crippen LogP contribution in [0.2, 0.25) is 0 Å². The van der Waals surface area contributed by atoms with Gasteiger partial charge in [-0.05, 0) is 57.7 Å². The number of hydrogen-bond acceptors (Lipinski definition) is 2. The molecular formula is C12H16Br2N2. The second kappa shape index (κ2) is 5.50. The molecule has 2 nitrogen and oxygen atoms in total. The highest BCUT2D eigenvalue weighted by Crippen LogP contribution is 2.32. The first-order valence-corrected chi connectivity index (χ1v) is 7.38. The fourth-order valence-corrected chi connectivity index (χ4v) is 3.63. The lowest BCUT2D eigenvalue weighted by Crippen LogP contribution is -2.33. The van der Waals surface area contributed by atoms with Crippen LogP contribution < -0.4 is 4.90 Å². The van der Waals surface area contributed by atoms with E-state index in [1.807, 2.05) is 6.20 Å². The molecule has 1 fully saturated rings. The molecule has 0 radical (unpaired) electrons. The van der Waals surface area contributed by atoms with E-state index in [2.05, 4.69) is 54.7 Å². The molecule has 16 heavy (non-hydrogen) atoms. The van der Waals surface area contributed by atoms with E-state index in [1.54, 1.807) is 0 Å². The lowest BCUT2D eigenvalue weighted by molar-refractivity contribution is 0.612. The van der Waals surface area contributed by atoms with E-state index in [9.17, 15) is 0 Å². The van der Waals surface area contributed by atoms with Crippen LogP contribution in [-0.2, 0) is 0 Å². The largest absolute Gasteiger partial charge is 0.353 e. The third-order valence-corrected chi connectivity index (χ3v) is 4.18. The predicted molar refractivity (Wildman–Crippen MR) is 74.9 cm³/mol. The van der Waals surface area contributed by atoms with Crippen molar-refractivity contribution < 1.29 is 0 Å². The van der Waals surface area contributed by atoms with Crippen LogP contribution in [0.5, 0.6) is 0 Å². The molecule has 0 bridgehead atoms. The van der Waals surface area contributed by atoms with Crippen molar-refractivity contribution in [3.05, 3.63) is 21.2 Å². The normalized spacial score (nSPS) is 16.7. The molecule has 0 N–H and O–H groups in total. The minimum absolute atomic E-state index is 0.676. The molecule has 0 aromatic carbocycles. The molecule has 0 aliphatic heterocycles. The number of anilines is 1. The fraction of sp³-hybridized carbons (Fsp3) is 0.583. The van der Waals surface area contributed by atoms with Crippen LogP contribution in [-0.4, -0.2) is 17.6 Å². The summed E-state index contributed by atoms with van der Waals surface area (Å²) in [7, 11) is 0. The van der Waals surface area contributed by atoms with Crippen LogP contribution in [0, 0.1) is 0 Å². The Morgan fingerprint density at radius 2 is 2.06 bits per heavy atom. The molecule has 0 atom stereocenters. The van der Waals surface area contributed by atoms with E-state index in [1.165, 1.54) is 25.7 Å². The average molecular weight is 348 g/mol. The zero-order valence-corrected chi connectivity index (χ0v) is 12.6. The van der Waals surface area contributed by atoms with Gasteiger partial charge in [0.15, 0.2) is 0 Å². The Balaban J connectivity index is 2.25. The van der Waals surface area contributed by atoms with Gasteiger partial charge in [0.25, 0.3) is 0 Å². The van der Waals surface area contributed by atoms with Gasteiger partial charge in [-0.1, -0.05) is 12.8 Å². The molecular weight excluding hydrogens is 332 g/mol. The van der Waals surface area contributed by atoms with E-state index in [0.29, 0.717) is 6.04 Å². The standard InChI is InChI=1S/C12H16Br2N2/c1-2-16(10-5-3-4-6-10)12-11(14)7-9(13)8-15-12/h7-8,10H,2-6H2,1H3. The highest BCUT2D eigenvalue weighted by atomic mass is 79.9. The molecule has 0 saturated heterocycles. The summed E-state index contributed by atoms with van der Waals surface area (Å²) in [6, 6.07) is 2.75. The molecule has 1 aliphatic rings. The third-order valence-electron chi connectivity index (χ3n) is 3.17. The molecule has 0 unspecified atom stereocenters. The quantitative estimate of drug-likeness (QED) is 0.806. The van der Waals surface area contributed by atoms with Crippen LogP contribution in [0.15, 0.2) is 21.2 Å². The van der Waals surface area contributed by atoms with Crippen molar-refractivity contribution in [2.24, 2.45) is 0 Å². The highest BCUT2D eigenvalue weighted by Gasteiger charge is 2.23. The van der Waals surface area contributed by atoms with Gasteiger partial charge >= 0.3 is 0 Å². The van der Waals surface area contributed by atoms with Gasteiger partial charge in [0, 0.05) is 23.3 Å². The SMILES string of the molecule is CCN(c1ncc(Br)cc1Br)C1CCCC1. The third kappa shape index (κ3) is 2.59. The van der Waals surface area contributed by atoms with Gasteiger partial charge in [-0.2, -0.15) is 0 Å². The second-order valence-corrected chi connectivity index (χ2v) is 5.95. The monoisotopic (exact) mass is 346 g/mol. The molecule has 1 heterocycles. The van der Waals surface area contributed by atoms with Gasteiger partial charge in [0.05, 0.1) is 4.47 Å². The van der Waals surface area contributed by atoms with E-state index >= 15 is 0 Å². The number of halogens is 2. The van der Waals surface area contributed by atoms with Gasteiger partial charge < -0.3 is 4.90 Å². The van der Waals surface area contributed by atoms with E-state index in [-0.39, 0.29) is 0 Å². The Labute approximate surface area is 114 Å². The fourth-order valence-electron chi connectivity index (χ4n) is 2.42. The highest BCUT2D eigenvalue weighted by molar-refractivity contribution is 9.11. The number of rotatable bonds is 3. The van der Waals surface area contributed by atoms with Crippen molar-refractivity contribution in [3.63, 3.8) is 0 Å². The van der Waals surface area contributed by atoms with Gasteiger partial charge in [0.2, 0.25) is 0 Å². The summed E-state index contributed by atoms with van der Waals surface area (Å²) in [6.07, 6.45) is 7.19. The minimum Gasteiger partial charge on any atom is -0.353 e. The lowest BCUT2D eigenvalue weighted by Gasteiger charge is -2.29. The van der Waals surface area contributed by atoms with Crippen molar-refractivity contribution in [1.29, 1.82) is 0 Å². The number of hydrogen-bond donors (Lipinski definition) is 0. The zero-order valence-electron chi connectivity index (χ0n) is 9.42. The maximum absolute atomic E-state index is 4.53. The van der Waals surface area contributed by atoms with Crippen molar-refractivity contribution in [2.75, 3.05) is 11.4 Å². The summed E-state index contributed by atoms with van der Waals surface area (Å²) in [5, 5.41) is 0. The van der Waals surface area contributed by atoms with Crippen molar-refractivity contribution in [1.82, 2.24) is 4.98 Å². The minimum atomic E-state index is 0.676. The molecule has 4 heteroatoms. The van der Waals surface area contributed by atoms with Crippen LogP contribution >= 0.6 is 31.9 Å². The smallest absolute Gasteiger partial charge is 0.143 e. The summed E-state index contributed by atoms with van der Waals surface area (Å²) in [6.45, 7) is 3.23. The topological polar surface area (TPSA) is 16.1 Å². The van der Waals surface area contributed by atoms with Crippen LogP contribution in [0.3, 0.4) is 0 Å². The zero-order chi connectivity index (χ0) is 11.5. The van der Waals surface area contributed by atoms with E-state index < -0.39 is 0 Å². The number of aromatic nitrogens is 1. The van der Waals surface area contributed by atoms with Crippen LogP contribution in [0.1, 0.15) is 32.6 Å². The predicted octanol–water partition coefficient (Wildman–Crippen LogP) is 4.38. The molecule has 0 amide bonds. The Hall–Kier alpha value is -0.0900. The molecule has 88 valence electrons. The van der Waals surface area contributed by atoms with Crippen LogP contribution in [0.25, 0.3) is 0 Å². The first-order chi connectivity index (χ1) is 7.72. The van der Waals surface area contributed by atoms with Crippen molar-refractivity contribution in [2.45, 2.75) is 38.6 Å². The molecule has 0 spiro atoms. The van der Waals surface area contributed by atoms with Crippen LogP contribution in [0.4, 0.5) is 5.82 Å². The molecule has 1 saturated carbocycles. The number of nitrogens with zero attached hydrogens (tertiary/aromatic N) is 2. The first-order valence-electron chi connectivity index (χ1n) is 5.80. The number of pyridine rings is 1. The van der Waals surface area contributed by atoms with E-state index in [4.69, 9.17) is 0 Å². The Morgan fingerprint density at radius 3 is 2.62 bits per heavy atom. The van der Waals surface area contributed by atoms with Gasteiger partial charge in [-0.3, -0.25) is 0 Å². The molecule has 1 aromatic rings. The summed E-state index contributed by atoms with van der Waals surface area (Å²) in [4.78, 5) is 6.95. The summed E-state index contributed by atoms with van der Waals surface area (Å²) in [5.74, 6) is 1.08. The van der Waals surface area contributed by atoms with Gasteiger partial charge in [0.1, 0.15) is 5.82 Å². The second-order valence-electron chi connectivity index (χ2n) is 4.18. The Kier molecular flexibility index (Phi) is 4.25. The molecule has 1 aliphatic carbocycles. The molecule has 1 aromatic heterocycles. The summed E-state index contributed by atoms with van der Waals surface area (Å²) >= 11 is 7.04. The van der Waals surface area contributed by atoms with Crippen molar-refractivity contribution >= 4 is 37.7 Å². The maximum atomic E-state index is 4.53. The summed E-state index contributed by atoms with van der Waals surface area (Å²) < 4.78 is 2.10. The van der Waals surface area contributed by atoms with Gasteiger partial charge in [-0.15, -0.1) is 0 Å². The van der Waals surface area contributed by atoms with E-state index in [0.717, 1.165) is 21.3 Å².